The molecule has 0 atom stereocenters. The quantitative estimate of drug-likeness (QED) is 0.719. The molecule has 0 saturated carbocycles. The number of nitrogen functional groups attached to an aromatic ring is 1. The van der Waals surface area contributed by atoms with Crippen LogP contribution in [0.2, 0.25) is 0 Å². The number of piperidine rings is 1. The summed E-state index contributed by atoms with van der Waals surface area (Å²) >= 11 is 0. The normalized spacial score (nSPS) is 14.4. The van der Waals surface area contributed by atoms with E-state index in [2.05, 4.69) is 17.1 Å². The average Bonchev–Trinajstić information content (AvgIpc) is 2.73. The summed E-state index contributed by atoms with van der Waals surface area (Å²) in [7, 11) is 4.55. The molecule has 156 valence electrons. The highest BCUT2D eigenvalue weighted by Gasteiger charge is 2.19. The number of carbonyl (C=O) groups is 1. The van der Waals surface area contributed by atoms with Gasteiger partial charge in [-0.25, -0.2) is 0 Å². The Hall–Kier alpha value is -3.09. The van der Waals surface area contributed by atoms with Crippen LogP contribution in [0, 0.1) is 5.92 Å². The topological polar surface area (TPSA) is 86.1 Å². The van der Waals surface area contributed by atoms with Gasteiger partial charge < -0.3 is 30.2 Å². The minimum Gasteiger partial charge on any atom is -0.493 e. The van der Waals surface area contributed by atoms with Gasteiger partial charge in [-0.3, -0.25) is 4.79 Å². The maximum atomic E-state index is 12.8. The Morgan fingerprint density at radius 2 is 1.66 bits per heavy atom. The fourth-order valence-electron chi connectivity index (χ4n) is 3.59. The molecule has 7 heteroatoms. The molecule has 7 nitrogen and oxygen atoms in total. The maximum Gasteiger partial charge on any atom is 0.255 e. The van der Waals surface area contributed by atoms with Gasteiger partial charge in [-0.15, -0.1) is 0 Å². The highest BCUT2D eigenvalue weighted by Crippen LogP contribution is 2.38. The molecule has 2 aromatic rings. The molecule has 0 spiro atoms. The van der Waals surface area contributed by atoms with E-state index in [9.17, 15) is 4.79 Å². The highest BCUT2D eigenvalue weighted by molar-refractivity contribution is 6.05. The summed E-state index contributed by atoms with van der Waals surface area (Å²) in [6.45, 7) is 4.29. The standard InChI is InChI=1S/C22H29N3O4/c1-14-7-9-25(10-8-14)18-6-5-16(13-17(18)23)24-22(26)15-11-19(27-2)21(29-4)20(12-15)28-3/h5-6,11-14H,7-10,23H2,1-4H3,(H,24,26). The molecule has 1 fully saturated rings. The van der Waals surface area contributed by atoms with E-state index in [-0.39, 0.29) is 5.91 Å². The van der Waals surface area contributed by atoms with Crippen LogP contribution in [0.3, 0.4) is 0 Å². The first kappa shape index (κ1) is 20.6. The SMILES string of the molecule is COc1cc(C(=O)Nc2ccc(N3CCC(C)CC3)c(N)c2)cc(OC)c1OC. The average molecular weight is 399 g/mol. The monoisotopic (exact) mass is 399 g/mol. The van der Waals surface area contributed by atoms with Crippen LogP contribution < -0.4 is 30.2 Å². The van der Waals surface area contributed by atoms with E-state index in [4.69, 9.17) is 19.9 Å². The van der Waals surface area contributed by atoms with Crippen molar-refractivity contribution in [3.8, 4) is 17.2 Å². The van der Waals surface area contributed by atoms with Gasteiger partial charge in [0.05, 0.1) is 32.7 Å². The first-order valence-electron chi connectivity index (χ1n) is 9.72. The van der Waals surface area contributed by atoms with Gasteiger partial charge in [-0.05, 0) is 49.1 Å². The molecule has 3 N–H and O–H groups in total. The van der Waals surface area contributed by atoms with Crippen molar-refractivity contribution in [1.29, 1.82) is 0 Å². The Morgan fingerprint density at radius 3 is 2.17 bits per heavy atom. The number of rotatable bonds is 6. The minimum absolute atomic E-state index is 0.289. The Kier molecular flexibility index (Phi) is 6.36. The molecule has 1 saturated heterocycles. The highest BCUT2D eigenvalue weighted by atomic mass is 16.5. The van der Waals surface area contributed by atoms with Crippen LogP contribution >= 0.6 is 0 Å². The Morgan fingerprint density at radius 1 is 1.03 bits per heavy atom. The summed E-state index contributed by atoms with van der Waals surface area (Å²) in [6.07, 6.45) is 2.33. The van der Waals surface area contributed by atoms with Gasteiger partial charge in [-0.1, -0.05) is 6.92 Å². The van der Waals surface area contributed by atoms with Crippen LogP contribution in [0.5, 0.6) is 17.2 Å². The molecule has 1 amide bonds. The van der Waals surface area contributed by atoms with Gasteiger partial charge in [0.1, 0.15) is 0 Å². The molecule has 0 radical (unpaired) electrons. The Balaban J connectivity index is 1.78. The third-order valence-corrected chi connectivity index (χ3v) is 5.34. The van der Waals surface area contributed by atoms with Crippen LogP contribution in [0.25, 0.3) is 0 Å². The summed E-state index contributed by atoms with van der Waals surface area (Å²) in [5, 5.41) is 2.89. The van der Waals surface area contributed by atoms with E-state index in [1.54, 1.807) is 18.2 Å². The lowest BCUT2D eigenvalue weighted by molar-refractivity contribution is 0.102. The number of methoxy groups -OCH3 is 3. The van der Waals surface area contributed by atoms with Crippen molar-refractivity contribution in [1.82, 2.24) is 0 Å². The number of carbonyl (C=O) groups excluding carboxylic acids is 1. The molecular formula is C22H29N3O4. The van der Waals surface area contributed by atoms with Crippen LogP contribution in [0.4, 0.5) is 17.1 Å². The van der Waals surface area contributed by atoms with Gasteiger partial charge in [-0.2, -0.15) is 0 Å². The van der Waals surface area contributed by atoms with Crippen molar-refractivity contribution in [3.63, 3.8) is 0 Å². The molecule has 0 aromatic heterocycles. The van der Waals surface area contributed by atoms with Crippen molar-refractivity contribution in [2.24, 2.45) is 5.92 Å². The molecule has 3 rings (SSSR count). The lowest BCUT2D eigenvalue weighted by Crippen LogP contribution is -2.33. The zero-order chi connectivity index (χ0) is 21.0. The predicted octanol–water partition coefficient (Wildman–Crippen LogP) is 3.78. The first-order valence-corrected chi connectivity index (χ1v) is 9.72. The number of nitrogens with one attached hydrogen (secondary N) is 1. The maximum absolute atomic E-state index is 12.8. The van der Waals surface area contributed by atoms with Gasteiger partial charge in [0, 0.05) is 24.3 Å². The van der Waals surface area contributed by atoms with Gasteiger partial charge >= 0.3 is 0 Å². The summed E-state index contributed by atoms with van der Waals surface area (Å²) in [6, 6.07) is 8.87. The third-order valence-electron chi connectivity index (χ3n) is 5.34. The number of hydrogen-bond acceptors (Lipinski definition) is 6. The molecular weight excluding hydrogens is 370 g/mol. The van der Waals surface area contributed by atoms with E-state index in [0.29, 0.717) is 34.2 Å². The lowest BCUT2D eigenvalue weighted by Gasteiger charge is -2.33. The van der Waals surface area contributed by atoms with E-state index >= 15 is 0 Å². The van der Waals surface area contributed by atoms with Gasteiger partial charge in [0.2, 0.25) is 5.75 Å². The number of hydrogen-bond donors (Lipinski definition) is 2. The number of amides is 1. The Bertz CT molecular complexity index is 851. The van der Waals surface area contributed by atoms with E-state index in [1.165, 1.54) is 34.2 Å². The molecule has 1 heterocycles. The van der Waals surface area contributed by atoms with E-state index < -0.39 is 0 Å². The van der Waals surface area contributed by atoms with Crippen molar-refractivity contribution in [2.75, 3.05) is 50.4 Å². The van der Waals surface area contributed by atoms with Gasteiger partial charge in [0.25, 0.3) is 5.91 Å². The molecule has 1 aliphatic rings. The predicted molar refractivity (Wildman–Crippen MR) is 116 cm³/mol. The van der Waals surface area contributed by atoms with Crippen LogP contribution in [0.15, 0.2) is 30.3 Å². The number of benzene rings is 2. The van der Waals surface area contributed by atoms with Gasteiger partial charge in [0.15, 0.2) is 11.5 Å². The smallest absolute Gasteiger partial charge is 0.255 e. The second-order valence-corrected chi connectivity index (χ2v) is 7.31. The van der Waals surface area contributed by atoms with Crippen molar-refractivity contribution >= 4 is 23.0 Å². The summed E-state index contributed by atoms with van der Waals surface area (Å²) < 4.78 is 15.9. The minimum atomic E-state index is -0.289. The second-order valence-electron chi connectivity index (χ2n) is 7.31. The van der Waals surface area contributed by atoms with Crippen LogP contribution in [-0.2, 0) is 0 Å². The van der Waals surface area contributed by atoms with E-state index in [0.717, 1.165) is 24.7 Å². The van der Waals surface area contributed by atoms with Crippen molar-refractivity contribution in [2.45, 2.75) is 19.8 Å². The number of ether oxygens (including phenoxy) is 3. The number of nitrogens with zero attached hydrogens (tertiary/aromatic N) is 1. The molecule has 1 aliphatic heterocycles. The lowest BCUT2D eigenvalue weighted by atomic mass is 9.98. The summed E-state index contributed by atoms with van der Waals surface area (Å²) in [5.74, 6) is 1.75. The zero-order valence-corrected chi connectivity index (χ0v) is 17.5. The fraction of sp³-hybridized carbons (Fsp3) is 0.409. The molecule has 0 unspecified atom stereocenters. The first-order chi connectivity index (χ1) is 14.0. The van der Waals surface area contributed by atoms with Crippen LogP contribution in [0.1, 0.15) is 30.1 Å². The van der Waals surface area contributed by atoms with Crippen LogP contribution in [-0.4, -0.2) is 40.3 Å². The van der Waals surface area contributed by atoms with E-state index in [1.807, 2.05) is 12.1 Å². The van der Waals surface area contributed by atoms with Crippen molar-refractivity contribution in [3.05, 3.63) is 35.9 Å². The Labute approximate surface area is 171 Å². The van der Waals surface area contributed by atoms with Crippen molar-refractivity contribution < 1.29 is 19.0 Å². The number of nitrogens with two attached hydrogens (primary N) is 1. The molecule has 29 heavy (non-hydrogen) atoms. The fourth-order valence-corrected chi connectivity index (χ4v) is 3.59. The summed E-state index contributed by atoms with van der Waals surface area (Å²) in [4.78, 5) is 15.1. The summed E-state index contributed by atoms with van der Waals surface area (Å²) in [5.41, 5.74) is 8.98. The largest absolute Gasteiger partial charge is 0.493 e. The number of anilines is 3. The molecule has 0 bridgehead atoms. The third kappa shape index (κ3) is 4.50. The molecule has 2 aromatic carbocycles. The second kappa shape index (κ2) is 8.94. The zero-order valence-electron chi connectivity index (χ0n) is 17.5. The molecule has 0 aliphatic carbocycles.